The predicted octanol–water partition coefficient (Wildman–Crippen LogP) is 4.98. The summed E-state index contributed by atoms with van der Waals surface area (Å²) in [5, 5.41) is 5.10. The number of fused-ring (bicyclic) bond motifs is 1. The first-order valence-corrected chi connectivity index (χ1v) is 9.35. The van der Waals surface area contributed by atoms with Gasteiger partial charge < -0.3 is 14.0 Å². The van der Waals surface area contributed by atoms with Crippen LogP contribution in [-0.2, 0) is 6.42 Å². The Hall–Kier alpha value is -3.06. The van der Waals surface area contributed by atoms with Crippen LogP contribution < -0.4 is 9.46 Å². The van der Waals surface area contributed by atoms with E-state index in [4.69, 9.17) is 9.26 Å². The Kier molecular flexibility index (Phi) is 4.93. The minimum Gasteiger partial charge on any atom is -0.496 e. The molecular formula is C20H18N4O2S. The van der Waals surface area contributed by atoms with Gasteiger partial charge in [-0.05, 0) is 42.1 Å². The zero-order chi connectivity index (χ0) is 18.6. The maximum Gasteiger partial charge on any atom is 0.187 e. The molecule has 0 spiro atoms. The molecule has 0 aliphatic heterocycles. The molecule has 0 unspecified atom stereocenters. The number of ether oxygens (including phenoxy) is 1. The molecule has 0 bridgehead atoms. The van der Waals surface area contributed by atoms with Crippen LogP contribution in [0.2, 0.25) is 0 Å². The Bertz CT molecular complexity index is 1070. The summed E-state index contributed by atoms with van der Waals surface area (Å²) in [7, 11) is 1.67. The summed E-state index contributed by atoms with van der Waals surface area (Å²) >= 11 is 1.45. The van der Waals surface area contributed by atoms with Crippen molar-refractivity contribution < 1.29 is 9.26 Å². The van der Waals surface area contributed by atoms with Crippen LogP contribution in [0.4, 0.5) is 5.82 Å². The van der Waals surface area contributed by atoms with E-state index in [1.807, 2.05) is 24.3 Å². The minimum absolute atomic E-state index is 0.664. The Balaban J connectivity index is 1.65. The van der Waals surface area contributed by atoms with Crippen LogP contribution in [0.15, 0.2) is 64.5 Å². The lowest BCUT2D eigenvalue weighted by atomic mass is 10.1. The van der Waals surface area contributed by atoms with E-state index in [0.29, 0.717) is 11.4 Å². The second kappa shape index (κ2) is 7.67. The summed E-state index contributed by atoms with van der Waals surface area (Å²) in [4.78, 5) is 9.16. The number of nitrogens with zero attached hydrogens (tertiary/aromatic N) is 3. The second-order valence-electron chi connectivity index (χ2n) is 5.88. The molecule has 4 rings (SSSR count). The van der Waals surface area contributed by atoms with E-state index < -0.39 is 0 Å². The van der Waals surface area contributed by atoms with Gasteiger partial charge in [0.05, 0.1) is 17.4 Å². The van der Waals surface area contributed by atoms with Gasteiger partial charge in [-0.3, -0.25) is 0 Å². The molecule has 2 aromatic carbocycles. The summed E-state index contributed by atoms with van der Waals surface area (Å²) in [6.07, 6.45) is 5.99. The molecule has 0 radical (unpaired) electrons. The molecule has 7 heteroatoms. The molecule has 2 aromatic heterocycles. The van der Waals surface area contributed by atoms with E-state index in [9.17, 15) is 0 Å². The highest BCUT2D eigenvalue weighted by atomic mass is 32.2. The van der Waals surface area contributed by atoms with Crippen molar-refractivity contribution in [2.75, 3.05) is 11.8 Å². The molecule has 0 atom stereocenters. The first-order chi connectivity index (χ1) is 13.3. The van der Waals surface area contributed by atoms with Crippen LogP contribution in [0.25, 0.3) is 22.1 Å². The van der Waals surface area contributed by atoms with Gasteiger partial charge in [-0.25, -0.2) is 9.97 Å². The molecule has 0 aliphatic carbocycles. The second-order valence-corrected chi connectivity index (χ2v) is 6.73. The molecule has 27 heavy (non-hydrogen) atoms. The normalized spacial score (nSPS) is 10.9. The number of para-hydroxylation sites is 1. The average Bonchev–Trinajstić information content (AvgIpc) is 3.15. The lowest BCUT2D eigenvalue weighted by molar-refractivity contribution is 0.404. The Morgan fingerprint density at radius 3 is 2.78 bits per heavy atom. The predicted molar refractivity (Wildman–Crippen MR) is 107 cm³/mol. The van der Waals surface area contributed by atoms with Crippen molar-refractivity contribution in [1.82, 2.24) is 15.1 Å². The van der Waals surface area contributed by atoms with Crippen LogP contribution in [-0.4, -0.2) is 22.2 Å². The monoisotopic (exact) mass is 378 g/mol. The molecule has 2 heterocycles. The van der Waals surface area contributed by atoms with Crippen molar-refractivity contribution in [2.24, 2.45) is 0 Å². The SMILES string of the molecule is CCc1ccc(OC)c(SNc2noc3c(-c4cncnc4)cccc23)c1. The van der Waals surface area contributed by atoms with Crippen molar-refractivity contribution in [3.63, 3.8) is 0 Å². The van der Waals surface area contributed by atoms with Gasteiger partial charge >= 0.3 is 0 Å². The van der Waals surface area contributed by atoms with Crippen LogP contribution >= 0.6 is 11.9 Å². The molecule has 0 fully saturated rings. The van der Waals surface area contributed by atoms with Crippen molar-refractivity contribution in [1.29, 1.82) is 0 Å². The third-order valence-corrected chi connectivity index (χ3v) is 5.10. The topological polar surface area (TPSA) is 73.1 Å². The van der Waals surface area contributed by atoms with Gasteiger partial charge in [0.2, 0.25) is 0 Å². The van der Waals surface area contributed by atoms with Crippen molar-refractivity contribution in [3.8, 4) is 16.9 Å². The van der Waals surface area contributed by atoms with Gasteiger partial charge in [0.25, 0.3) is 0 Å². The number of hydrogen-bond acceptors (Lipinski definition) is 7. The minimum atomic E-state index is 0.664. The summed E-state index contributed by atoms with van der Waals surface area (Å²) in [5.74, 6) is 1.48. The molecule has 4 aromatic rings. The molecule has 0 amide bonds. The highest BCUT2D eigenvalue weighted by Gasteiger charge is 2.14. The van der Waals surface area contributed by atoms with Gasteiger partial charge in [0, 0.05) is 23.5 Å². The zero-order valence-electron chi connectivity index (χ0n) is 15.0. The maximum atomic E-state index is 5.61. The van der Waals surface area contributed by atoms with Gasteiger partial charge in [-0.15, -0.1) is 0 Å². The van der Waals surface area contributed by atoms with Crippen LogP contribution in [0, 0.1) is 0 Å². The molecule has 0 saturated heterocycles. The molecule has 136 valence electrons. The summed E-state index contributed by atoms with van der Waals surface area (Å²) < 4.78 is 14.4. The van der Waals surface area contributed by atoms with Gasteiger partial charge in [0.1, 0.15) is 12.1 Å². The quantitative estimate of drug-likeness (QED) is 0.475. The fraction of sp³-hybridized carbons (Fsp3) is 0.150. The van der Waals surface area contributed by atoms with Crippen molar-refractivity contribution in [3.05, 3.63) is 60.7 Å². The fourth-order valence-electron chi connectivity index (χ4n) is 2.83. The number of nitrogens with one attached hydrogen (secondary N) is 1. The number of benzene rings is 2. The fourth-order valence-corrected chi connectivity index (χ4v) is 3.64. The Labute approximate surface area is 161 Å². The van der Waals surface area contributed by atoms with Crippen molar-refractivity contribution in [2.45, 2.75) is 18.2 Å². The van der Waals surface area contributed by atoms with Gasteiger partial charge in [0.15, 0.2) is 11.4 Å². The zero-order valence-corrected chi connectivity index (χ0v) is 15.8. The first kappa shape index (κ1) is 17.4. The molecule has 1 N–H and O–H groups in total. The van der Waals surface area contributed by atoms with E-state index in [1.165, 1.54) is 23.8 Å². The van der Waals surface area contributed by atoms with Gasteiger partial charge in [-0.2, -0.15) is 0 Å². The molecule has 0 aliphatic rings. The van der Waals surface area contributed by atoms with Crippen LogP contribution in [0.1, 0.15) is 12.5 Å². The smallest absolute Gasteiger partial charge is 0.187 e. The standard InChI is InChI=1S/C20H18N4O2S/c1-3-13-7-8-17(25-2)18(9-13)27-24-20-16-6-4-5-15(19(16)26-23-20)14-10-21-12-22-11-14/h4-12H,3H2,1-2H3,(H,23,24). The third kappa shape index (κ3) is 3.46. The lowest BCUT2D eigenvalue weighted by Gasteiger charge is -2.10. The van der Waals surface area contributed by atoms with E-state index in [2.05, 4.69) is 38.9 Å². The summed E-state index contributed by atoms with van der Waals surface area (Å²) in [6.45, 7) is 2.13. The summed E-state index contributed by atoms with van der Waals surface area (Å²) in [6, 6.07) is 12.1. The molecule has 6 nitrogen and oxygen atoms in total. The number of rotatable bonds is 6. The first-order valence-electron chi connectivity index (χ1n) is 8.53. The Morgan fingerprint density at radius 2 is 2.00 bits per heavy atom. The van der Waals surface area contributed by atoms with E-state index in [0.717, 1.165) is 33.6 Å². The van der Waals surface area contributed by atoms with E-state index in [-0.39, 0.29) is 0 Å². The van der Waals surface area contributed by atoms with E-state index >= 15 is 0 Å². The van der Waals surface area contributed by atoms with E-state index in [1.54, 1.807) is 19.5 Å². The maximum absolute atomic E-state index is 5.61. The highest BCUT2D eigenvalue weighted by molar-refractivity contribution is 8.00. The summed E-state index contributed by atoms with van der Waals surface area (Å²) in [5.41, 5.74) is 3.74. The number of aromatic nitrogens is 3. The lowest BCUT2D eigenvalue weighted by Crippen LogP contribution is -1.93. The number of methoxy groups -OCH3 is 1. The number of anilines is 1. The van der Waals surface area contributed by atoms with Crippen LogP contribution in [0.5, 0.6) is 5.75 Å². The third-order valence-electron chi connectivity index (χ3n) is 4.26. The molecular weight excluding hydrogens is 360 g/mol. The largest absolute Gasteiger partial charge is 0.496 e. The number of aryl methyl sites for hydroxylation is 1. The highest BCUT2D eigenvalue weighted by Crippen LogP contribution is 2.36. The molecule has 0 saturated carbocycles. The van der Waals surface area contributed by atoms with Gasteiger partial charge in [-0.1, -0.05) is 30.3 Å². The average molecular weight is 378 g/mol. The number of hydrogen-bond donors (Lipinski definition) is 1. The van der Waals surface area contributed by atoms with Crippen molar-refractivity contribution >= 4 is 28.7 Å². The van der Waals surface area contributed by atoms with Crippen LogP contribution in [0.3, 0.4) is 0 Å². The Morgan fingerprint density at radius 1 is 1.15 bits per heavy atom.